The molecule has 8 nitrogen and oxygen atoms in total. The van der Waals surface area contributed by atoms with Crippen molar-refractivity contribution in [3.8, 4) is 0 Å². The topological polar surface area (TPSA) is 25.9 Å². The number of anilines is 5. The lowest BCUT2D eigenvalue weighted by molar-refractivity contribution is 0.187. The van der Waals surface area contributed by atoms with Crippen molar-refractivity contribution >= 4 is 28.4 Å². The van der Waals surface area contributed by atoms with Gasteiger partial charge in [0.1, 0.15) is 24.7 Å². The summed E-state index contributed by atoms with van der Waals surface area (Å²) < 4.78 is 0. The molecule has 0 aromatic heterocycles. The highest BCUT2D eigenvalue weighted by Crippen LogP contribution is 2.39. The fourth-order valence-electron chi connectivity index (χ4n) is 14.1. The third kappa shape index (κ3) is 14.9. The minimum absolute atomic E-state index is 0.272. The Bertz CT molecular complexity index is 3130. The van der Waals surface area contributed by atoms with E-state index in [2.05, 4.69) is 318 Å². The summed E-state index contributed by atoms with van der Waals surface area (Å²) in [5.41, 5.74) is 20.4. The summed E-state index contributed by atoms with van der Waals surface area (Å²) in [6.45, 7) is 45.0. The summed E-state index contributed by atoms with van der Waals surface area (Å²) in [5.74, 6) is 2.35. The zero-order chi connectivity index (χ0) is 62.3. The van der Waals surface area contributed by atoms with E-state index < -0.39 is 0 Å². The second-order valence-corrected chi connectivity index (χ2v) is 27.5. The standard InChI is InChI=1S/C22H28N2.C20H30N2.C19H28N2.C17H26N2/c1-15(2)20-10-11-21(18(5)14-20)23-12-13-24(19(23)6)22-16(3)8-7-9-17(22)4;1-15(2)18-10-11-20(16(3)14-18)22-13-12-21(17(22)4)19-8-6-5-7-9-19;1-14(2)17-9-10-19(15(3)13-17)21-12-11-20(16(21)4)18-7-5-6-8-18;1-12(2)16-7-8-17(14(5)11-16)19-10-9-18(13(3)4)15(19)6/h7-15,19H,1-6H3;10-15,17,19H,5-9H2,1-4H3;9-14,16,18H,5-8H2,1-4H3;7-13,15H,1-6H3/t19-;17-;16-;15-/m0111/s1. The molecule has 4 heterocycles. The first kappa shape index (κ1) is 65.4. The molecule has 5 aromatic carbocycles. The molecule has 5 aromatic rings. The minimum Gasteiger partial charge on any atom is -0.353 e. The van der Waals surface area contributed by atoms with Crippen LogP contribution in [0.15, 0.2) is 141 Å². The molecule has 0 N–H and O–H groups in total. The van der Waals surface area contributed by atoms with Crippen LogP contribution in [-0.2, 0) is 0 Å². The smallest absolute Gasteiger partial charge is 0.107 e. The molecule has 464 valence electrons. The maximum absolute atomic E-state index is 2.58. The van der Waals surface area contributed by atoms with Gasteiger partial charge in [-0.2, -0.15) is 0 Å². The summed E-state index contributed by atoms with van der Waals surface area (Å²) in [6, 6.07) is 36.1. The maximum atomic E-state index is 2.58. The highest BCUT2D eigenvalue weighted by Gasteiger charge is 2.33. The molecule has 0 radical (unpaired) electrons. The van der Waals surface area contributed by atoms with Gasteiger partial charge in [0.2, 0.25) is 0 Å². The molecule has 4 atom stereocenters. The van der Waals surface area contributed by atoms with Crippen molar-refractivity contribution in [2.45, 2.75) is 263 Å². The predicted molar refractivity (Wildman–Crippen MR) is 374 cm³/mol. The largest absolute Gasteiger partial charge is 0.353 e. The Kier molecular flexibility index (Phi) is 22.0. The number of para-hydroxylation sites is 1. The van der Waals surface area contributed by atoms with Crippen LogP contribution in [0.3, 0.4) is 0 Å². The highest BCUT2D eigenvalue weighted by atomic mass is 15.4. The predicted octanol–water partition coefficient (Wildman–Crippen LogP) is 20.7. The molecule has 0 saturated heterocycles. The third-order valence-electron chi connectivity index (χ3n) is 19.6. The van der Waals surface area contributed by atoms with Gasteiger partial charge in [0.05, 0.1) is 0 Å². The lowest BCUT2D eigenvalue weighted by Gasteiger charge is -2.38. The molecular formula is C78H112N8. The highest BCUT2D eigenvalue weighted by molar-refractivity contribution is 5.68. The van der Waals surface area contributed by atoms with E-state index in [1.54, 1.807) is 0 Å². The van der Waals surface area contributed by atoms with Crippen molar-refractivity contribution in [2.24, 2.45) is 0 Å². The summed E-state index contributed by atoms with van der Waals surface area (Å²) in [5, 5.41) is 0. The minimum atomic E-state index is 0.272. The molecule has 0 spiro atoms. The number of nitrogens with zero attached hydrogens (tertiary/aromatic N) is 8. The average Bonchev–Trinajstić information content (AvgIpc) is 2.38. The lowest BCUT2D eigenvalue weighted by atomic mass is 9.94. The van der Waals surface area contributed by atoms with Gasteiger partial charge in [-0.3, -0.25) is 0 Å². The van der Waals surface area contributed by atoms with E-state index in [0.717, 1.165) is 12.1 Å². The number of aryl methyl sites for hydroxylation is 6. The van der Waals surface area contributed by atoms with Crippen molar-refractivity contribution in [2.75, 3.05) is 24.5 Å². The zero-order valence-corrected chi connectivity index (χ0v) is 57.1. The van der Waals surface area contributed by atoms with E-state index in [-0.39, 0.29) is 6.17 Å². The van der Waals surface area contributed by atoms with E-state index in [1.165, 1.54) is 142 Å². The first-order valence-electron chi connectivity index (χ1n) is 33.4. The normalized spacial score (nSPS) is 20.4. The van der Waals surface area contributed by atoms with Gasteiger partial charge < -0.3 is 39.2 Å². The van der Waals surface area contributed by atoms with Crippen LogP contribution in [-0.4, -0.2) is 57.5 Å². The SMILES string of the molecule is Cc1cc(C(C)C)ccc1N1C=CN(C(C)C)[C@H]1C.Cc1cc(C(C)C)ccc1N1C=CN(C2CCCC2)[C@H]1C.Cc1cc(C(C)C)ccc1N1C=CN(C2CCCCC2)[C@H]1C.Cc1cc(C(C)C)ccc1N1C=CN(c2c(C)cccc2C)[C@H]1C. The molecule has 86 heavy (non-hydrogen) atoms. The van der Waals surface area contributed by atoms with Crippen molar-refractivity contribution < 1.29 is 0 Å². The summed E-state index contributed by atoms with van der Waals surface area (Å²) in [7, 11) is 0. The van der Waals surface area contributed by atoms with Gasteiger partial charge in [-0.05, 0) is 212 Å². The van der Waals surface area contributed by atoms with Gasteiger partial charge >= 0.3 is 0 Å². The number of hydrogen-bond donors (Lipinski definition) is 0. The number of benzene rings is 5. The van der Waals surface area contributed by atoms with Crippen LogP contribution < -0.4 is 24.5 Å². The number of rotatable bonds is 12. The molecule has 2 aliphatic carbocycles. The van der Waals surface area contributed by atoms with Gasteiger partial charge in [-0.25, -0.2) is 0 Å². The Hall–Kier alpha value is -6.54. The van der Waals surface area contributed by atoms with Crippen molar-refractivity contribution in [3.63, 3.8) is 0 Å². The molecule has 0 amide bonds. The molecule has 2 fully saturated rings. The van der Waals surface area contributed by atoms with Crippen molar-refractivity contribution in [1.29, 1.82) is 0 Å². The molecule has 0 unspecified atom stereocenters. The van der Waals surface area contributed by atoms with Gasteiger partial charge in [0, 0.05) is 96.2 Å². The van der Waals surface area contributed by atoms with E-state index in [1.807, 2.05) is 0 Å². The van der Waals surface area contributed by atoms with Gasteiger partial charge in [0.25, 0.3) is 0 Å². The first-order valence-corrected chi connectivity index (χ1v) is 33.4. The average molecular weight is 1160 g/mol. The molecule has 11 rings (SSSR count). The van der Waals surface area contributed by atoms with Crippen LogP contribution >= 0.6 is 0 Å². The van der Waals surface area contributed by atoms with E-state index >= 15 is 0 Å². The van der Waals surface area contributed by atoms with E-state index in [0.29, 0.717) is 48.2 Å². The van der Waals surface area contributed by atoms with Crippen LogP contribution in [0.25, 0.3) is 0 Å². The number of hydrogen-bond acceptors (Lipinski definition) is 8. The van der Waals surface area contributed by atoms with E-state index in [9.17, 15) is 0 Å². The van der Waals surface area contributed by atoms with E-state index in [4.69, 9.17) is 0 Å². The molecule has 0 bridgehead atoms. The van der Waals surface area contributed by atoms with Gasteiger partial charge in [-0.1, -0.05) is 154 Å². The Balaban J connectivity index is 0.000000149. The Labute approximate surface area is 523 Å². The van der Waals surface area contributed by atoms with Crippen molar-refractivity contribution in [3.05, 3.63) is 196 Å². The molecule has 4 aliphatic heterocycles. The third-order valence-corrected chi connectivity index (χ3v) is 19.6. The van der Waals surface area contributed by atoms with Crippen LogP contribution in [0.4, 0.5) is 28.4 Å². The van der Waals surface area contributed by atoms with Crippen molar-refractivity contribution in [1.82, 2.24) is 14.7 Å². The maximum Gasteiger partial charge on any atom is 0.107 e. The van der Waals surface area contributed by atoms with Gasteiger partial charge in [-0.15, -0.1) is 0 Å². The Morgan fingerprint density at radius 3 is 0.942 bits per heavy atom. The molecule has 2 saturated carbocycles. The second-order valence-electron chi connectivity index (χ2n) is 27.5. The quantitative estimate of drug-likeness (QED) is 0.122. The monoisotopic (exact) mass is 1160 g/mol. The molecule has 6 aliphatic rings. The molecule has 8 heteroatoms. The second kappa shape index (κ2) is 29.0. The summed E-state index contributed by atoms with van der Waals surface area (Å²) >= 11 is 0. The Morgan fingerprint density at radius 1 is 0.314 bits per heavy atom. The zero-order valence-electron chi connectivity index (χ0n) is 57.1. The first-order chi connectivity index (χ1) is 41.0. The van der Waals surface area contributed by atoms with Crippen LogP contribution in [0.1, 0.15) is 234 Å². The fourth-order valence-corrected chi connectivity index (χ4v) is 14.1. The Morgan fingerprint density at radius 2 is 0.616 bits per heavy atom. The van der Waals surface area contributed by atoms with Gasteiger partial charge in [0.15, 0.2) is 0 Å². The molecular weight excluding hydrogens is 1050 g/mol. The summed E-state index contributed by atoms with van der Waals surface area (Å²) in [4.78, 5) is 19.5. The van der Waals surface area contributed by atoms with Crippen LogP contribution in [0.5, 0.6) is 0 Å². The van der Waals surface area contributed by atoms with Crippen LogP contribution in [0, 0.1) is 41.5 Å². The lowest BCUT2D eigenvalue weighted by Crippen LogP contribution is -2.43. The fraction of sp³-hybridized carbons (Fsp3) is 0.513. The summed E-state index contributed by atoms with van der Waals surface area (Å²) in [6.07, 6.45) is 31.9. The van der Waals surface area contributed by atoms with Crippen LogP contribution in [0.2, 0.25) is 0 Å².